The van der Waals surface area contributed by atoms with Crippen molar-refractivity contribution in [2.24, 2.45) is 5.92 Å². The third-order valence-electron chi connectivity index (χ3n) is 7.40. The van der Waals surface area contributed by atoms with E-state index in [2.05, 4.69) is 13.8 Å². The molecule has 0 bridgehead atoms. The van der Waals surface area contributed by atoms with Gasteiger partial charge in [0.15, 0.2) is 0 Å². The molecular formula is C31H62O2. The quantitative estimate of drug-likeness (QED) is 0.0888. The highest BCUT2D eigenvalue weighted by molar-refractivity contribution is 5.68. The zero-order chi connectivity index (χ0) is 24.2. The van der Waals surface area contributed by atoms with Crippen molar-refractivity contribution >= 4 is 5.97 Å². The van der Waals surface area contributed by atoms with E-state index in [4.69, 9.17) is 4.74 Å². The topological polar surface area (TPSA) is 26.3 Å². The van der Waals surface area contributed by atoms with Gasteiger partial charge in [-0.25, -0.2) is 0 Å². The second-order valence-corrected chi connectivity index (χ2v) is 10.6. The SMILES string of the molecule is CCCCCCCCCCCCCCCCC(CCCCCC)CCCCCCC(=O)OC. The molecule has 0 fully saturated rings. The minimum Gasteiger partial charge on any atom is -0.469 e. The molecule has 0 aliphatic heterocycles. The van der Waals surface area contributed by atoms with Crippen LogP contribution in [-0.4, -0.2) is 13.1 Å². The maximum atomic E-state index is 11.2. The number of esters is 1. The van der Waals surface area contributed by atoms with Crippen molar-refractivity contribution in [1.29, 1.82) is 0 Å². The van der Waals surface area contributed by atoms with E-state index < -0.39 is 0 Å². The Morgan fingerprint density at radius 3 is 1.15 bits per heavy atom. The lowest BCUT2D eigenvalue weighted by Crippen LogP contribution is -2.02. The smallest absolute Gasteiger partial charge is 0.305 e. The highest BCUT2D eigenvalue weighted by Crippen LogP contribution is 2.24. The normalized spacial score (nSPS) is 12.2. The van der Waals surface area contributed by atoms with E-state index >= 15 is 0 Å². The van der Waals surface area contributed by atoms with Gasteiger partial charge >= 0.3 is 5.97 Å². The predicted octanol–water partition coefficient (Wildman–Crippen LogP) is 11.0. The van der Waals surface area contributed by atoms with Crippen molar-refractivity contribution in [2.75, 3.05) is 7.11 Å². The van der Waals surface area contributed by atoms with Crippen molar-refractivity contribution in [2.45, 2.75) is 181 Å². The number of ether oxygens (including phenoxy) is 1. The van der Waals surface area contributed by atoms with E-state index in [0.29, 0.717) is 6.42 Å². The fourth-order valence-electron chi connectivity index (χ4n) is 5.08. The van der Waals surface area contributed by atoms with Crippen molar-refractivity contribution in [3.63, 3.8) is 0 Å². The molecule has 0 saturated carbocycles. The maximum absolute atomic E-state index is 11.2. The number of rotatable bonds is 27. The van der Waals surface area contributed by atoms with Gasteiger partial charge in [0.1, 0.15) is 0 Å². The third kappa shape index (κ3) is 25.9. The van der Waals surface area contributed by atoms with Crippen LogP contribution in [0.2, 0.25) is 0 Å². The van der Waals surface area contributed by atoms with Crippen LogP contribution in [0.15, 0.2) is 0 Å². The summed E-state index contributed by atoms with van der Waals surface area (Å²) in [6, 6.07) is 0. The lowest BCUT2D eigenvalue weighted by Gasteiger charge is -2.17. The molecule has 0 spiro atoms. The summed E-state index contributed by atoms with van der Waals surface area (Å²) in [6.45, 7) is 4.60. The summed E-state index contributed by atoms with van der Waals surface area (Å²) in [6.07, 6.45) is 35.6. The summed E-state index contributed by atoms with van der Waals surface area (Å²) in [5.41, 5.74) is 0. The summed E-state index contributed by atoms with van der Waals surface area (Å²) in [4.78, 5) is 11.2. The van der Waals surface area contributed by atoms with E-state index in [-0.39, 0.29) is 5.97 Å². The van der Waals surface area contributed by atoms with Crippen molar-refractivity contribution < 1.29 is 9.53 Å². The summed E-state index contributed by atoms with van der Waals surface area (Å²) in [5.74, 6) is 0.890. The molecule has 0 rings (SSSR count). The molecule has 0 radical (unpaired) electrons. The number of hydrogen-bond acceptors (Lipinski definition) is 2. The van der Waals surface area contributed by atoms with Gasteiger partial charge in [0.05, 0.1) is 7.11 Å². The van der Waals surface area contributed by atoms with Crippen LogP contribution < -0.4 is 0 Å². The minimum absolute atomic E-state index is 0.0541. The van der Waals surface area contributed by atoms with Crippen LogP contribution in [0.5, 0.6) is 0 Å². The second kappa shape index (κ2) is 27.7. The molecule has 0 heterocycles. The highest BCUT2D eigenvalue weighted by Gasteiger charge is 2.09. The molecule has 2 nitrogen and oxygen atoms in total. The lowest BCUT2D eigenvalue weighted by molar-refractivity contribution is -0.140. The molecule has 198 valence electrons. The van der Waals surface area contributed by atoms with E-state index in [1.807, 2.05) is 0 Å². The number of carbonyl (C=O) groups excluding carboxylic acids is 1. The summed E-state index contributed by atoms with van der Waals surface area (Å²) in [5, 5.41) is 0. The van der Waals surface area contributed by atoms with Crippen LogP contribution in [0.4, 0.5) is 0 Å². The Morgan fingerprint density at radius 2 is 0.788 bits per heavy atom. The van der Waals surface area contributed by atoms with Crippen LogP contribution in [0.1, 0.15) is 181 Å². The van der Waals surface area contributed by atoms with Gasteiger partial charge in [0, 0.05) is 6.42 Å². The van der Waals surface area contributed by atoms with E-state index in [1.165, 1.54) is 161 Å². The van der Waals surface area contributed by atoms with Gasteiger partial charge in [-0.2, -0.15) is 0 Å². The predicted molar refractivity (Wildman–Crippen MR) is 147 cm³/mol. The molecular weight excluding hydrogens is 404 g/mol. The van der Waals surface area contributed by atoms with Crippen LogP contribution in [0.25, 0.3) is 0 Å². The fourth-order valence-corrected chi connectivity index (χ4v) is 5.08. The number of hydrogen-bond donors (Lipinski definition) is 0. The summed E-state index contributed by atoms with van der Waals surface area (Å²) >= 11 is 0. The lowest BCUT2D eigenvalue weighted by atomic mass is 9.89. The Kier molecular flexibility index (Phi) is 27.3. The third-order valence-corrected chi connectivity index (χ3v) is 7.40. The largest absolute Gasteiger partial charge is 0.469 e. The average molecular weight is 467 g/mol. The van der Waals surface area contributed by atoms with Gasteiger partial charge in [-0.3, -0.25) is 4.79 Å². The summed E-state index contributed by atoms with van der Waals surface area (Å²) in [7, 11) is 1.49. The molecule has 0 aliphatic rings. The first kappa shape index (κ1) is 32.5. The first-order valence-electron chi connectivity index (χ1n) is 15.3. The molecule has 0 N–H and O–H groups in total. The van der Waals surface area contributed by atoms with Crippen LogP contribution in [0.3, 0.4) is 0 Å². The number of unbranched alkanes of at least 4 members (excludes halogenated alkanes) is 19. The molecule has 0 aliphatic carbocycles. The Bertz CT molecular complexity index is 379. The van der Waals surface area contributed by atoms with Gasteiger partial charge in [-0.15, -0.1) is 0 Å². The molecule has 0 aromatic heterocycles. The standard InChI is InChI=1S/C31H62O2/c1-4-6-8-10-11-12-13-14-15-16-17-18-19-23-27-30(26-22-9-7-5-2)28-24-20-21-25-29-31(32)33-3/h30H,4-29H2,1-3H3. The molecule has 1 atom stereocenters. The van der Waals surface area contributed by atoms with Crippen LogP contribution in [-0.2, 0) is 9.53 Å². The Labute approximate surface area is 209 Å². The molecule has 1 unspecified atom stereocenters. The van der Waals surface area contributed by atoms with Gasteiger partial charge in [-0.1, -0.05) is 168 Å². The molecule has 0 aromatic carbocycles. The monoisotopic (exact) mass is 466 g/mol. The van der Waals surface area contributed by atoms with Gasteiger partial charge in [0.25, 0.3) is 0 Å². The minimum atomic E-state index is -0.0541. The first-order chi connectivity index (χ1) is 16.2. The molecule has 0 aromatic rings. The second-order valence-electron chi connectivity index (χ2n) is 10.6. The molecule has 0 amide bonds. The average Bonchev–Trinajstić information content (AvgIpc) is 2.83. The van der Waals surface area contributed by atoms with E-state index in [0.717, 1.165) is 12.3 Å². The van der Waals surface area contributed by atoms with Gasteiger partial charge in [-0.05, 0) is 12.3 Å². The highest BCUT2D eigenvalue weighted by atomic mass is 16.5. The summed E-state index contributed by atoms with van der Waals surface area (Å²) < 4.78 is 4.74. The first-order valence-corrected chi connectivity index (χ1v) is 15.3. The van der Waals surface area contributed by atoms with Crippen LogP contribution in [0, 0.1) is 5.92 Å². The Balaban J connectivity index is 3.66. The Morgan fingerprint density at radius 1 is 0.485 bits per heavy atom. The van der Waals surface area contributed by atoms with E-state index in [1.54, 1.807) is 0 Å². The molecule has 2 heteroatoms. The number of methoxy groups -OCH3 is 1. The van der Waals surface area contributed by atoms with Crippen LogP contribution >= 0.6 is 0 Å². The zero-order valence-corrected chi connectivity index (χ0v) is 23.3. The van der Waals surface area contributed by atoms with Crippen molar-refractivity contribution in [3.05, 3.63) is 0 Å². The van der Waals surface area contributed by atoms with Crippen molar-refractivity contribution in [3.8, 4) is 0 Å². The molecule has 33 heavy (non-hydrogen) atoms. The number of carbonyl (C=O) groups is 1. The van der Waals surface area contributed by atoms with E-state index in [9.17, 15) is 4.79 Å². The zero-order valence-electron chi connectivity index (χ0n) is 23.3. The van der Waals surface area contributed by atoms with Crippen molar-refractivity contribution in [1.82, 2.24) is 0 Å². The fraction of sp³-hybridized carbons (Fsp3) is 0.968. The van der Waals surface area contributed by atoms with Gasteiger partial charge < -0.3 is 4.74 Å². The maximum Gasteiger partial charge on any atom is 0.305 e. The Hall–Kier alpha value is -0.530. The molecule has 0 saturated heterocycles. The van der Waals surface area contributed by atoms with Gasteiger partial charge in [0.2, 0.25) is 0 Å².